The van der Waals surface area contributed by atoms with Crippen LogP contribution in [0.5, 0.6) is 0 Å². The van der Waals surface area contributed by atoms with Gasteiger partial charge in [0.25, 0.3) is 0 Å². The topological polar surface area (TPSA) is 43.4 Å². The van der Waals surface area contributed by atoms with Crippen molar-refractivity contribution in [1.29, 1.82) is 0 Å². The van der Waals surface area contributed by atoms with E-state index in [1.807, 2.05) is 0 Å². The molecule has 0 unspecified atom stereocenters. The van der Waals surface area contributed by atoms with Gasteiger partial charge in [0.2, 0.25) is 0 Å². The van der Waals surface area contributed by atoms with E-state index in [1.54, 1.807) is 0 Å². The van der Waals surface area contributed by atoms with Crippen molar-refractivity contribution >= 4 is 11.8 Å². The highest BCUT2D eigenvalue weighted by Gasteiger charge is 2.59. The molecule has 122 valence electrons. The van der Waals surface area contributed by atoms with Crippen LogP contribution in [0.1, 0.15) is 65.2 Å². The van der Waals surface area contributed by atoms with Crippen LogP contribution >= 0.6 is 0 Å². The van der Waals surface area contributed by atoms with E-state index in [-0.39, 0.29) is 16.8 Å². The number of hydrogen-bond donors (Lipinski definition) is 0. The fourth-order valence-corrected chi connectivity index (χ4v) is 6.61. The van der Waals surface area contributed by atoms with E-state index in [9.17, 15) is 9.59 Å². The Balaban J connectivity index is 1.65. The lowest BCUT2D eigenvalue weighted by atomic mass is 9.47. The Kier molecular flexibility index (Phi) is 3.22. The molecule has 4 rings (SSSR count). The second-order valence-corrected chi connectivity index (χ2v) is 8.76. The molecule has 0 aromatic heterocycles. The van der Waals surface area contributed by atoms with Crippen LogP contribution in [0.15, 0.2) is 0 Å². The number of hydrogen-bond acceptors (Lipinski definition) is 3. The SMILES string of the molecule is C[C@]12CCC(=O)OC[C@@H]1CC[C@@H]1[C@@H]2CC[C@]2(C)C(=O)CC[C@@H]12. The van der Waals surface area contributed by atoms with Crippen molar-refractivity contribution in [3.8, 4) is 0 Å². The molecule has 0 radical (unpaired) electrons. The minimum Gasteiger partial charge on any atom is -0.465 e. The summed E-state index contributed by atoms with van der Waals surface area (Å²) in [6.45, 7) is 5.27. The fraction of sp³-hybridized carbons (Fsp3) is 0.895. The Morgan fingerprint density at radius 1 is 0.955 bits per heavy atom. The Hall–Kier alpha value is -0.860. The molecule has 4 fully saturated rings. The standard InChI is InChI=1S/C19H28O3/c1-18-10-8-17(21)22-11-12(18)3-4-13-14-5-6-16(20)19(14,2)9-7-15(13)18/h12-15H,3-11H2,1-2H3/t12-,13-,14-,15-,18-,19-/m0/s1. The number of Topliss-reactive ketones (excluding diaryl/α,β-unsaturated/α-hetero) is 1. The van der Waals surface area contributed by atoms with Gasteiger partial charge in [0.1, 0.15) is 5.78 Å². The number of cyclic esters (lactones) is 1. The summed E-state index contributed by atoms with van der Waals surface area (Å²) in [5.41, 5.74) is 0.198. The van der Waals surface area contributed by atoms with E-state index in [0.29, 0.717) is 42.5 Å². The molecule has 0 N–H and O–H groups in total. The second-order valence-electron chi connectivity index (χ2n) is 8.76. The highest BCUT2D eigenvalue weighted by molar-refractivity contribution is 5.87. The van der Waals surface area contributed by atoms with Gasteiger partial charge in [0.15, 0.2) is 0 Å². The van der Waals surface area contributed by atoms with Crippen molar-refractivity contribution in [1.82, 2.24) is 0 Å². The van der Waals surface area contributed by atoms with Crippen LogP contribution < -0.4 is 0 Å². The Bertz CT molecular complexity index is 513. The zero-order valence-corrected chi connectivity index (χ0v) is 13.9. The van der Waals surface area contributed by atoms with Crippen LogP contribution in [0, 0.1) is 34.5 Å². The van der Waals surface area contributed by atoms with Gasteiger partial charge in [-0.1, -0.05) is 13.8 Å². The van der Waals surface area contributed by atoms with Crippen molar-refractivity contribution < 1.29 is 14.3 Å². The summed E-state index contributed by atoms with van der Waals surface area (Å²) in [7, 11) is 0. The summed E-state index contributed by atoms with van der Waals surface area (Å²) in [5, 5.41) is 0. The van der Waals surface area contributed by atoms with Crippen LogP contribution in [0.3, 0.4) is 0 Å². The quantitative estimate of drug-likeness (QED) is 0.640. The molecule has 0 amide bonds. The molecule has 4 aliphatic rings. The number of ether oxygens (including phenoxy) is 1. The van der Waals surface area contributed by atoms with E-state index in [0.717, 1.165) is 25.7 Å². The molecule has 1 heterocycles. The third-order valence-corrected chi connectivity index (χ3v) is 8.09. The molecule has 6 atom stereocenters. The lowest BCUT2D eigenvalue weighted by Crippen LogP contribution is -2.52. The molecule has 3 nitrogen and oxygen atoms in total. The third-order valence-electron chi connectivity index (χ3n) is 8.09. The number of carbonyl (C=O) groups excluding carboxylic acids is 2. The predicted octanol–water partition coefficient (Wildman–Crippen LogP) is 3.75. The van der Waals surface area contributed by atoms with Gasteiger partial charge in [-0.05, 0) is 67.6 Å². The Morgan fingerprint density at radius 2 is 1.77 bits per heavy atom. The highest BCUT2D eigenvalue weighted by atomic mass is 16.5. The van der Waals surface area contributed by atoms with Gasteiger partial charge in [-0.25, -0.2) is 0 Å². The predicted molar refractivity (Wildman–Crippen MR) is 83.1 cm³/mol. The Labute approximate surface area is 133 Å². The lowest BCUT2D eigenvalue weighted by molar-refractivity contribution is -0.145. The van der Waals surface area contributed by atoms with Crippen molar-refractivity contribution in [3.05, 3.63) is 0 Å². The van der Waals surface area contributed by atoms with Crippen LogP contribution in [-0.4, -0.2) is 18.4 Å². The molecule has 3 aliphatic carbocycles. The summed E-state index contributed by atoms with van der Waals surface area (Å²) in [5.74, 6) is 3.01. The first-order valence-electron chi connectivity index (χ1n) is 9.14. The average Bonchev–Trinajstić information content (AvgIpc) is 2.70. The second kappa shape index (κ2) is 4.82. The zero-order valence-electron chi connectivity index (χ0n) is 13.9. The van der Waals surface area contributed by atoms with Gasteiger partial charge in [-0.2, -0.15) is 0 Å². The normalized spacial score (nSPS) is 51.4. The molecule has 0 bridgehead atoms. The summed E-state index contributed by atoms with van der Waals surface area (Å²) in [6, 6.07) is 0. The lowest BCUT2D eigenvalue weighted by Gasteiger charge is -2.57. The van der Waals surface area contributed by atoms with Gasteiger partial charge in [-0.3, -0.25) is 9.59 Å². The molecule has 1 saturated heterocycles. The zero-order chi connectivity index (χ0) is 15.5. The fourth-order valence-electron chi connectivity index (χ4n) is 6.61. The van der Waals surface area contributed by atoms with Crippen molar-refractivity contribution in [2.75, 3.05) is 6.61 Å². The molecule has 22 heavy (non-hydrogen) atoms. The van der Waals surface area contributed by atoms with Gasteiger partial charge in [0, 0.05) is 18.3 Å². The number of rotatable bonds is 0. The smallest absolute Gasteiger partial charge is 0.305 e. The van der Waals surface area contributed by atoms with E-state index in [4.69, 9.17) is 4.74 Å². The summed E-state index contributed by atoms with van der Waals surface area (Å²) in [6.07, 6.45) is 8.10. The van der Waals surface area contributed by atoms with Gasteiger partial charge < -0.3 is 4.74 Å². The van der Waals surface area contributed by atoms with Crippen molar-refractivity contribution in [2.45, 2.75) is 65.2 Å². The first-order valence-corrected chi connectivity index (χ1v) is 9.14. The molecule has 0 aromatic rings. The van der Waals surface area contributed by atoms with E-state index in [1.165, 1.54) is 19.3 Å². The molecule has 1 aliphatic heterocycles. The van der Waals surface area contributed by atoms with Gasteiger partial charge in [-0.15, -0.1) is 0 Å². The maximum atomic E-state index is 12.4. The summed E-state index contributed by atoms with van der Waals surface area (Å²) in [4.78, 5) is 24.1. The summed E-state index contributed by atoms with van der Waals surface area (Å²) < 4.78 is 5.45. The van der Waals surface area contributed by atoms with Gasteiger partial charge in [0.05, 0.1) is 6.61 Å². The largest absolute Gasteiger partial charge is 0.465 e. The maximum Gasteiger partial charge on any atom is 0.305 e. The van der Waals surface area contributed by atoms with E-state index in [2.05, 4.69) is 13.8 Å². The number of esters is 1. The van der Waals surface area contributed by atoms with Crippen molar-refractivity contribution in [3.63, 3.8) is 0 Å². The molecule has 0 spiro atoms. The molecular weight excluding hydrogens is 276 g/mol. The molecule has 3 saturated carbocycles. The Morgan fingerprint density at radius 3 is 2.59 bits per heavy atom. The van der Waals surface area contributed by atoms with Crippen LogP contribution in [-0.2, 0) is 14.3 Å². The number of carbonyl (C=O) groups is 2. The van der Waals surface area contributed by atoms with Crippen LogP contribution in [0.25, 0.3) is 0 Å². The number of fused-ring (bicyclic) bond motifs is 5. The summed E-state index contributed by atoms with van der Waals surface area (Å²) >= 11 is 0. The maximum absolute atomic E-state index is 12.4. The average molecular weight is 304 g/mol. The van der Waals surface area contributed by atoms with E-state index < -0.39 is 0 Å². The van der Waals surface area contributed by atoms with E-state index >= 15 is 0 Å². The van der Waals surface area contributed by atoms with Crippen LogP contribution in [0.2, 0.25) is 0 Å². The third kappa shape index (κ3) is 1.86. The first-order chi connectivity index (χ1) is 10.4. The highest BCUT2D eigenvalue weighted by Crippen LogP contribution is 2.64. The van der Waals surface area contributed by atoms with Crippen LogP contribution in [0.4, 0.5) is 0 Å². The minimum atomic E-state index is -0.0403. The molecule has 0 aromatic carbocycles. The first kappa shape index (κ1) is 14.7. The minimum absolute atomic E-state index is 0.0103. The van der Waals surface area contributed by atoms with Gasteiger partial charge >= 0.3 is 5.97 Å². The number of ketones is 1. The van der Waals surface area contributed by atoms with Crippen molar-refractivity contribution in [2.24, 2.45) is 34.5 Å². The monoisotopic (exact) mass is 304 g/mol. The molecule has 3 heteroatoms. The molecular formula is C19H28O3.